The highest BCUT2D eigenvalue weighted by molar-refractivity contribution is 6.00. The molecule has 3 rings (SSSR count). The molecule has 0 radical (unpaired) electrons. The van der Waals surface area contributed by atoms with E-state index in [-0.39, 0.29) is 35.8 Å². The standard InChI is InChI=1S/C25H32N2O7/c1-17-7-5-9-20(28)10-6-8-19(26-33-16-23(31)27-11-3-2-4-12-27)13-18-14-21(29)15-22(30)24(18)25(32)34-17/h5-6,8-9,14-15,17,20,28-30H,2-4,7,10-13,16H2,1H3/b8-6+,9-5+,26-19?/t17-,20+/m1/s1. The van der Waals surface area contributed by atoms with Crippen LogP contribution in [0.2, 0.25) is 0 Å². The van der Waals surface area contributed by atoms with Crippen molar-refractivity contribution in [2.45, 2.75) is 57.7 Å². The van der Waals surface area contributed by atoms with Crippen LogP contribution in [0, 0.1) is 0 Å². The number of nitrogens with zero attached hydrogens (tertiary/aromatic N) is 2. The number of carbonyl (C=O) groups excluding carboxylic acids is 2. The molecule has 2 aliphatic heterocycles. The molecule has 0 spiro atoms. The summed E-state index contributed by atoms with van der Waals surface area (Å²) in [6.07, 6.45) is 9.22. The number of fused-ring (bicyclic) bond motifs is 1. The summed E-state index contributed by atoms with van der Waals surface area (Å²) in [7, 11) is 0. The minimum absolute atomic E-state index is 0.0150. The van der Waals surface area contributed by atoms with E-state index in [1.165, 1.54) is 6.07 Å². The Morgan fingerprint density at radius 2 is 1.94 bits per heavy atom. The van der Waals surface area contributed by atoms with Gasteiger partial charge in [0.25, 0.3) is 5.91 Å². The van der Waals surface area contributed by atoms with Gasteiger partial charge in [-0.2, -0.15) is 0 Å². The molecule has 1 fully saturated rings. The number of esters is 1. The van der Waals surface area contributed by atoms with Gasteiger partial charge in [0.2, 0.25) is 0 Å². The summed E-state index contributed by atoms with van der Waals surface area (Å²) in [6.45, 7) is 2.89. The van der Waals surface area contributed by atoms with E-state index in [2.05, 4.69) is 5.16 Å². The Kier molecular flexibility index (Phi) is 9.09. The summed E-state index contributed by atoms with van der Waals surface area (Å²) in [5.74, 6) is -1.52. The number of oxime groups is 1. The van der Waals surface area contributed by atoms with E-state index in [0.717, 1.165) is 25.3 Å². The minimum atomic E-state index is -0.740. The highest BCUT2D eigenvalue weighted by Crippen LogP contribution is 2.29. The van der Waals surface area contributed by atoms with Crippen molar-refractivity contribution in [3.63, 3.8) is 0 Å². The summed E-state index contributed by atoms with van der Waals surface area (Å²) in [5, 5.41) is 34.6. The van der Waals surface area contributed by atoms with Gasteiger partial charge in [0.15, 0.2) is 6.61 Å². The third-order valence-electron chi connectivity index (χ3n) is 5.66. The van der Waals surface area contributed by atoms with E-state index in [1.807, 2.05) is 0 Å². The van der Waals surface area contributed by atoms with Crippen LogP contribution in [-0.4, -0.2) is 69.7 Å². The molecule has 0 aromatic heterocycles. The number of aliphatic hydroxyl groups is 1. The van der Waals surface area contributed by atoms with Crippen LogP contribution in [0.15, 0.2) is 41.6 Å². The number of rotatable bonds is 3. The maximum absolute atomic E-state index is 12.8. The molecule has 2 aliphatic rings. The van der Waals surface area contributed by atoms with Gasteiger partial charge in [-0.05, 0) is 50.3 Å². The topological polar surface area (TPSA) is 129 Å². The van der Waals surface area contributed by atoms with E-state index in [0.29, 0.717) is 31.6 Å². The van der Waals surface area contributed by atoms with Gasteiger partial charge in [0.1, 0.15) is 23.2 Å². The predicted octanol–water partition coefficient (Wildman–Crippen LogP) is 2.84. The van der Waals surface area contributed by atoms with Crippen LogP contribution in [0.3, 0.4) is 0 Å². The van der Waals surface area contributed by atoms with Crippen molar-refractivity contribution in [3.8, 4) is 11.5 Å². The van der Waals surface area contributed by atoms with Gasteiger partial charge in [-0.25, -0.2) is 4.79 Å². The molecule has 9 heteroatoms. The summed E-state index contributed by atoms with van der Waals surface area (Å²) >= 11 is 0. The highest BCUT2D eigenvalue weighted by Gasteiger charge is 2.22. The Morgan fingerprint density at radius 3 is 2.71 bits per heavy atom. The largest absolute Gasteiger partial charge is 0.508 e. The van der Waals surface area contributed by atoms with E-state index in [1.54, 1.807) is 36.1 Å². The molecule has 1 amide bonds. The molecule has 0 saturated carbocycles. The fourth-order valence-corrected chi connectivity index (χ4v) is 3.91. The molecule has 3 N–H and O–H groups in total. The Labute approximate surface area is 199 Å². The second-order valence-electron chi connectivity index (χ2n) is 8.56. The number of carbonyl (C=O) groups is 2. The Morgan fingerprint density at radius 1 is 1.18 bits per heavy atom. The Balaban J connectivity index is 1.86. The predicted molar refractivity (Wildman–Crippen MR) is 126 cm³/mol. The molecule has 1 saturated heterocycles. The molecule has 9 nitrogen and oxygen atoms in total. The van der Waals surface area contributed by atoms with Crippen LogP contribution in [0.4, 0.5) is 0 Å². The maximum atomic E-state index is 12.8. The molecule has 0 bridgehead atoms. The molecule has 0 aliphatic carbocycles. The van der Waals surface area contributed by atoms with Crippen molar-refractivity contribution in [2.75, 3.05) is 19.7 Å². The first-order valence-electron chi connectivity index (χ1n) is 11.6. The molecule has 34 heavy (non-hydrogen) atoms. The second-order valence-corrected chi connectivity index (χ2v) is 8.56. The van der Waals surface area contributed by atoms with Crippen LogP contribution < -0.4 is 0 Å². The molecule has 184 valence electrons. The quantitative estimate of drug-likeness (QED) is 0.350. The Bertz CT molecular complexity index is 964. The van der Waals surface area contributed by atoms with Crippen LogP contribution in [-0.2, 0) is 20.8 Å². The first-order valence-corrected chi connectivity index (χ1v) is 11.6. The average Bonchev–Trinajstić information content (AvgIpc) is 2.78. The lowest BCUT2D eigenvalue weighted by Crippen LogP contribution is -2.37. The first-order chi connectivity index (χ1) is 16.3. The van der Waals surface area contributed by atoms with Crippen molar-refractivity contribution in [1.29, 1.82) is 0 Å². The van der Waals surface area contributed by atoms with Crippen molar-refractivity contribution >= 4 is 17.6 Å². The van der Waals surface area contributed by atoms with Crippen molar-refractivity contribution < 1.29 is 34.5 Å². The molecule has 2 atom stereocenters. The van der Waals surface area contributed by atoms with E-state index < -0.39 is 23.9 Å². The van der Waals surface area contributed by atoms with Gasteiger partial charge in [-0.15, -0.1) is 0 Å². The summed E-state index contributed by atoms with van der Waals surface area (Å²) < 4.78 is 5.44. The van der Waals surface area contributed by atoms with E-state index in [9.17, 15) is 24.9 Å². The zero-order valence-electron chi connectivity index (χ0n) is 19.4. The molecule has 1 aromatic carbocycles. The van der Waals surface area contributed by atoms with Gasteiger partial charge < -0.3 is 29.8 Å². The normalized spacial score (nSPS) is 25.1. The Hall–Kier alpha value is -3.33. The minimum Gasteiger partial charge on any atom is -0.508 e. The maximum Gasteiger partial charge on any atom is 0.342 e. The lowest BCUT2D eigenvalue weighted by molar-refractivity contribution is -0.137. The van der Waals surface area contributed by atoms with Crippen LogP contribution in [0.5, 0.6) is 11.5 Å². The number of phenols is 2. The number of likely N-dealkylation sites (tertiary alicyclic amines) is 1. The number of hydrogen-bond donors (Lipinski definition) is 3. The zero-order valence-corrected chi connectivity index (χ0v) is 19.4. The third kappa shape index (κ3) is 7.34. The van der Waals surface area contributed by atoms with Gasteiger partial charge >= 0.3 is 5.97 Å². The van der Waals surface area contributed by atoms with Crippen LogP contribution in [0.25, 0.3) is 0 Å². The summed E-state index contributed by atoms with van der Waals surface area (Å²) in [5.41, 5.74) is 0.556. The van der Waals surface area contributed by atoms with Gasteiger partial charge in [-0.3, -0.25) is 4.79 Å². The van der Waals surface area contributed by atoms with Gasteiger partial charge in [0.05, 0.1) is 11.8 Å². The second kappa shape index (κ2) is 12.2. The first kappa shape index (κ1) is 25.3. The average molecular weight is 473 g/mol. The number of benzene rings is 1. The van der Waals surface area contributed by atoms with Gasteiger partial charge in [-0.1, -0.05) is 23.4 Å². The van der Waals surface area contributed by atoms with Crippen LogP contribution in [0.1, 0.15) is 54.9 Å². The monoisotopic (exact) mass is 472 g/mol. The highest BCUT2D eigenvalue weighted by atomic mass is 16.6. The summed E-state index contributed by atoms with van der Waals surface area (Å²) in [6, 6.07) is 2.43. The lowest BCUT2D eigenvalue weighted by atomic mass is 9.99. The van der Waals surface area contributed by atoms with E-state index in [4.69, 9.17) is 9.57 Å². The van der Waals surface area contributed by atoms with Gasteiger partial charge in [0, 0.05) is 32.0 Å². The number of cyclic esters (lactones) is 1. The van der Waals surface area contributed by atoms with Crippen molar-refractivity contribution in [3.05, 3.63) is 47.6 Å². The number of amides is 1. The number of phenolic OH excluding ortho intramolecular Hbond substituents is 2. The SMILES string of the molecule is C[C@@H]1C/C=C/[C@H](O)C/C=C/C(=NOCC(=O)N2CCCCC2)Cc2cc(O)cc(O)c2C(=O)O1. The number of piperidine rings is 1. The smallest absolute Gasteiger partial charge is 0.342 e. The number of hydrogen-bond acceptors (Lipinski definition) is 8. The summed E-state index contributed by atoms with van der Waals surface area (Å²) in [4.78, 5) is 32.2. The number of aromatic hydroxyl groups is 2. The molecule has 1 aromatic rings. The van der Waals surface area contributed by atoms with Crippen LogP contribution >= 0.6 is 0 Å². The van der Waals surface area contributed by atoms with Crippen molar-refractivity contribution in [2.24, 2.45) is 5.16 Å². The molecule has 2 heterocycles. The number of aliphatic hydroxyl groups excluding tert-OH is 1. The zero-order chi connectivity index (χ0) is 24.5. The molecular formula is C25H32N2O7. The molecular weight excluding hydrogens is 440 g/mol. The number of allylic oxidation sites excluding steroid dienone is 1. The molecule has 0 unspecified atom stereocenters. The fraction of sp³-hybridized carbons (Fsp3) is 0.480. The fourth-order valence-electron chi connectivity index (χ4n) is 3.91. The van der Waals surface area contributed by atoms with E-state index >= 15 is 0 Å². The van der Waals surface area contributed by atoms with Crippen molar-refractivity contribution in [1.82, 2.24) is 4.90 Å². The number of ether oxygens (including phenoxy) is 1. The lowest BCUT2D eigenvalue weighted by Gasteiger charge is -2.26. The third-order valence-corrected chi connectivity index (χ3v) is 5.66.